The normalized spacial score (nSPS) is 14.5. The third kappa shape index (κ3) is 10.5. The van der Waals surface area contributed by atoms with Crippen molar-refractivity contribution in [3.8, 4) is 0 Å². The van der Waals surface area contributed by atoms with E-state index in [-0.39, 0.29) is 26.0 Å². The number of benzene rings is 1. The third-order valence-electron chi connectivity index (χ3n) is 4.47. The predicted octanol–water partition coefficient (Wildman–Crippen LogP) is 1.96. The van der Waals surface area contributed by atoms with Crippen LogP contribution >= 0.6 is 0 Å². The number of amides is 2. The summed E-state index contributed by atoms with van der Waals surface area (Å²) in [5.41, 5.74) is 3.75. The Hall–Kier alpha value is -2.98. The zero-order chi connectivity index (χ0) is 25.3. The maximum Gasteiger partial charge on any atom is 0.409 e. The van der Waals surface area contributed by atoms with E-state index in [1.54, 1.807) is 26.0 Å². The number of carboxylic acids is 1. The van der Waals surface area contributed by atoms with E-state index in [2.05, 4.69) is 10.6 Å². The summed E-state index contributed by atoms with van der Waals surface area (Å²) in [5.74, 6) is -1.97. The Morgan fingerprint density at radius 3 is 2.24 bits per heavy atom. The number of carbonyl (C=O) groups excluding carboxylic acids is 3. The number of ether oxygens (including phenoxy) is 2. The summed E-state index contributed by atoms with van der Waals surface area (Å²) < 4.78 is 10.7. The molecular weight excluding hydrogens is 430 g/mol. The molecule has 10 heteroatoms. The smallest absolute Gasteiger partial charge is 0.409 e. The first-order chi connectivity index (χ1) is 15.2. The molecule has 1 rings (SSSR count). The van der Waals surface area contributed by atoms with E-state index in [1.807, 2.05) is 39.0 Å². The van der Waals surface area contributed by atoms with Crippen LogP contribution in [0.2, 0.25) is 0 Å². The highest BCUT2D eigenvalue weighted by Crippen LogP contribution is 2.25. The minimum atomic E-state index is -1.79. The quantitative estimate of drug-likeness (QED) is 0.269. The highest BCUT2D eigenvalue weighted by atomic mass is 16.5. The molecule has 5 N–H and O–H groups in total. The molecule has 0 unspecified atom stereocenters. The van der Waals surface area contributed by atoms with Gasteiger partial charge in [-0.15, -0.1) is 0 Å². The molecular formula is C23H35N3O7. The number of aliphatic carboxylic acids is 1. The van der Waals surface area contributed by atoms with E-state index in [1.165, 1.54) is 0 Å². The van der Waals surface area contributed by atoms with E-state index in [4.69, 9.17) is 15.2 Å². The molecule has 2 amide bonds. The molecule has 10 nitrogen and oxygen atoms in total. The van der Waals surface area contributed by atoms with Gasteiger partial charge in [0.1, 0.15) is 12.9 Å². The van der Waals surface area contributed by atoms with Crippen molar-refractivity contribution in [3.05, 3.63) is 35.9 Å². The van der Waals surface area contributed by atoms with Crippen LogP contribution in [0.1, 0.15) is 53.0 Å². The molecule has 0 radical (unpaired) electrons. The number of carboxylic acid groups (broad SMARTS) is 1. The average molecular weight is 466 g/mol. The number of nitrogens with one attached hydrogen (secondary N) is 2. The van der Waals surface area contributed by atoms with E-state index >= 15 is 0 Å². The zero-order valence-electron chi connectivity index (χ0n) is 19.8. The molecule has 0 aliphatic heterocycles. The van der Waals surface area contributed by atoms with Gasteiger partial charge in [-0.25, -0.2) is 9.59 Å². The summed E-state index contributed by atoms with van der Waals surface area (Å²) in [6, 6.07) is 9.05. The first kappa shape index (κ1) is 28.1. The first-order valence-corrected chi connectivity index (χ1v) is 10.6. The number of nitrogens with two attached hydrogens (primary N) is 1. The van der Waals surface area contributed by atoms with Crippen molar-refractivity contribution in [2.24, 2.45) is 11.1 Å². The molecule has 2 atom stereocenters. The molecule has 0 heterocycles. The van der Waals surface area contributed by atoms with E-state index in [9.17, 15) is 24.3 Å². The van der Waals surface area contributed by atoms with Gasteiger partial charge in [0.25, 0.3) is 5.91 Å². The number of alkyl carbamates (subject to hydrolysis) is 1. The van der Waals surface area contributed by atoms with Crippen LogP contribution in [0.5, 0.6) is 0 Å². The van der Waals surface area contributed by atoms with Gasteiger partial charge in [0.2, 0.25) is 0 Å². The molecule has 0 aliphatic carbocycles. The lowest BCUT2D eigenvalue weighted by molar-refractivity contribution is -0.162. The lowest BCUT2D eigenvalue weighted by Gasteiger charge is -2.36. The molecule has 0 aromatic heterocycles. The van der Waals surface area contributed by atoms with E-state index < -0.39 is 40.8 Å². The average Bonchev–Trinajstić information content (AvgIpc) is 2.69. The number of aldehydes is 1. The molecule has 1 aromatic carbocycles. The summed E-state index contributed by atoms with van der Waals surface area (Å²) in [6.45, 7) is 8.62. The summed E-state index contributed by atoms with van der Waals surface area (Å²) in [5, 5.41) is 14.3. The zero-order valence-corrected chi connectivity index (χ0v) is 19.8. The van der Waals surface area contributed by atoms with Crippen LogP contribution in [0.4, 0.5) is 4.79 Å². The summed E-state index contributed by atoms with van der Waals surface area (Å²) in [6.07, 6.45) is -1.99. The summed E-state index contributed by atoms with van der Waals surface area (Å²) >= 11 is 0. The van der Waals surface area contributed by atoms with Crippen LogP contribution in [0, 0.1) is 5.41 Å². The summed E-state index contributed by atoms with van der Waals surface area (Å²) in [4.78, 5) is 47.4. The molecule has 0 aliphatic rings. The van der Waals surface area contributed by atoms with Gasteiger partial charge in [0, 0.05) is 13.0 Å². The third-order valence-corrected chi connectivity index (χ3v) is 4.47. The minimum absolute atomic E-state index is 0.00801. The molecule has 0 bridgehead atoms. The van der Waals surface area contributed by atoms with Crippen LogP contribution in [0.15, 0.2) is 30.3 Å². The van der Waals surface area contributed by atoms with Crippen molar-refractivity contribution in [3.63, 3.8) is 0 Å². The molecule has 0 spiro atoms. The maximum absolute atomic E-state index is 13.0. The Kier molecular flexibility index (Phi) is 10.00. The highest BCUT2D eigenvalue weighted by Gasteiger charge is 2.41. The maximum atomic E-state index is 13.0. The topological polar surface area (TPSA) is 157 Å². The molecule has 0 fully saturated rings. The SMILES string of the molecule is CC(C)(C)C[C@](N)(NC(=O)OCc1ccccc1)C(=O)NCC(C)(C)O[C@@H](CC=O)C(=O)O. The molecule has 0 saturated heterocycles. The molecule has 33 heavy (non-hydrogen) atoms. The van der Waals surface area contributed by atoms with E-state index in [0.717, 1.165) is 5.56 Å². The van der Waals surface area contributed by atoms with Gasteiger partial charge >= 0.3 is 12.1 Å². The van der Waals surface area contributed by atoms with Gasteiger partial charge < -0.3 is 30.4 Å². The standard InChI is InChI=1S/C23H35N3O7/c1-21(2,3)14-23(24,26-20(31)32-13-16-9-7-6-8-10-16)19(30)25-15-22(4,5)33-17(11-12-27)18(28)29/h6-10,12,17H,11,13-15,24H2,1-5H3,(H,25,30)(H,26,31)(H,28,29)/t17-,23-/m0/s1. The van der Waals surface area contributed by atoms with Gasteiger partial charge in [-0.3, -0.25) is 10.1 Å². The van der Waals surface area contributed by atoms with Crippen LogP contribution in [0.3, 0.4) is 0 Å². The number of hydrogen-bond donors (Lipinski definition) is 4. The van der Waals surface area contributed by atoms with Crippen molar-refractivity contribution in [2.45, 2.75) is 71.4 Å². The number of carbonyl (C=O) groups is 4. The van der Waals surface area contributed by atoms with Crippen molar-refractivity contribution < 1.29 is 33.8 Å². The van der Waals surface area contributed by atoms with Crippen molar-refractivity contribution in [1.29, 1.82) is 0 Å². The Morgan fingerprint density at radius 1 is 1.12 bits per heavy atom. The van der Waals surface area contributed by atoms with Crippen LogP contribution < -0.4 is 16.4 Å². The van der Waals surface area contributed by atoms with Crippen LogP contribution in [-0.4, -0.2) is 53.3 Å². The lowest BCUT2D eigenvalue weighted by Crippen LogP contribution is -2.67. The number of hydrogen-bond acceptors (Lipinski definition) is 7. The van der Waals surface area contributed by atoms with Crippen LogP contribution in [-0.2, 0) is 30.5 Å². The monoisotopic (exact) mass is 465 g/mol. The second-order valence-electron chi connectivity index (χ2n) is 9.68. The van der Waals surface area contributed by atoms with Crippen molar-refractivity contribution >= 4 is 24.3 Å². The van der Waals surface area contributed by atoms with Crippen molar-refractivity contribution in [2.75, 3.05) is 6.54 Å². The molecule has 0 saturated carbocycles. The fourth-order valence-corrected chi connectivity index (χ4v) is 3.12. The van der Waals surface area contributed by atoms with Gasteiger partial charge in [0.15, 0.2) is 11.8 Å². The lowest BCUT2D eigenvalue weighted by atomic mass is 9.84. The van der Waals surface area contributed by atoms with Crippen molar-refractivity contribution in [1.82, 2.24) is 10.6 Å². The fraction of sp³-hybridized carbons (Fsp3) is 0.565. The first-order valence-electron chi connectivity index (χ1n) is 10.6. The van der Waals surface area contributed by atoms with Gasteiger partial charge in [0.05, 0.1) is 5.60 Å². The second-order valence-corrected chi connectivity index (χ2v) is 9.68. The van der Waals surface area contributed by atoms with Gasteiger partial charge in [-0.2, -0.15) is 0 Å². The molecule has 184 valence electrons. The number of rotatable bonds is 12. The Bertz CT molecular complexity index is 821. The fourth-order valence-electron chi connectivity index (χ4n) is 3.12. The van der Waals surface area contributed by atoms with Gasteiger partial charge in [-0.1, -0.05) is 51.1 Å². The minimum Gasteiger partial charge on any atom is -0.479 e. The second kappa shape index (κ2) is 11.8. The van der Waals surface area contributed by atoms with Crippen LogP contribution in [0.25, 0.3) is 0 Å². The molecule has 1 aromatic rings. The highest BCUT2D eigenvalue weighted by molar-refractivity contribution is 5.89. The Labute approximate surface area is 194 Å². The Morgan fingerprint density at radius 2 is 1.73 bits per heavy atom. The van der Waals surface area contributed by atoms with E-state index in [0.29, 0.717) is 6.29 Å². The largest absolute Gasteiger partial charge is 0.479 e. The predicted molar refractivity (Wildman–Crippen MR) is 121 cm³/mol. The van der Waals surface area contributed by atoms with Gasteiger partial charge in [-0.05, 0) is 31.2 Å². The summed E-state index contributed by atoms with van der Waals surface area (Å²) in [7, 11) is 0. The Balaban J connectivity index is 2.85.